The summed E-state index contributed by atoms with van der Waals surface area (Å²) in [6, 6.07) is 7.85. The molecule has 1 aliphatic carbocycles. The van der Waals surface area contributed by atoms with Crippen LogP contribution in [0.4, 0.5) is 4.39 Å². The molecule has 0 amide bonds. The number of hydrogen-bond donors (Lipinski definition) is 0. The van der Waals surface area contributed by atoms with Crippen LogP contribution in [0, 0.1) is 36.0 Å². The largest absolute Gasteiger partial charge is 0.459 e. The molecule has 0 heterocycles. The standard InChI is InChI=1S/C20H26FNO2/c1-13(2)17-10-7-15(4)11-18(17)24-19(23)20(21,12-22)16-8-5-14(3)6-9-16/h5-6,8-9,13,15,17-18H,7,10-11H2,1-4H3. The smallest absolute Gasteiger partial charge is 0.364 e. The molecular weight excluding hydrogens is 305 g/mol. The van der Waals surface area contributed by atoms with Crippen LogP contribution in [0.3, 0.4) is 0 Å². The van der Waals surface area contributed by atoms with Crippen LogP contribution >= 0.6 is 0 Å². The van der Waals surface area contributed by atoms with E-state index in [4.69, 9.17) is 4.74 Å². The van der Waals surface area contributed by atoms with Gasteiger partial charge in [0.1, 0.15) is 12.2 Å². The van der Waals surface area contributed by atoms with Gasteiger partial charge < -0.3 is 4.74 Å². The lowest BCUT2D eigenvalue weighted by atomic mass is 9.75. The Morgan fingerprint density at radius 3 is 2.50 bits per heavy atom. The number of nitriles is 1. The minimum Gasteiger partial charge on any atom is -0.459 e. The molecule has 0 spiro atoms. The highest BCUT2D eigenvalue weighted by Crippen LogP contribution is 2.37. The van der Waals surface area contributed by atoms with Crippen LogP contribution in [-0.2, 0) is 15.2 Å². The van der Waals surface area contributed by atoms with Gasteiger partial charge in [0.15, 0.2) is 0 Å². The van der Waals surface area contributed by atoms with Gasteiger partial charge in [0, 0.05) is 5.56 Å². The summed E-state index contributed by atoms with van der Waals surface area (Å²) in [6.45, 7) is 8.16. The summed E-state index contributed by atoms with van der Waals surface area (Å²) in [5, 5.41) is 9.31. The Labute approximate surface area is 143 Å². The highest BCUT2D eigenvalue weighted by Gasteiger charge is 2.45. The van der Waals surface area contributed by atoms with E-state index in [9.17, 15) is 10.1 Å². The van der Waals surface area contributed by atoms with Crippen molar-refractivity contribution >= 4 is 5.97 Å². The first-order valence-electron chi connectivity index (χ1n) is 8.66. The number of alkyl halides is 1. The fourth-order valence-electron chi connectivity index (χ4n) is 3.48. The molecule has 0 radical (unpaired) electrons. The van der Waals surface area contributed by atoms with E-state index in [0.29, 0.717) is 11.8 Å². The number of hydrogen-bond acceptors (Lipinski definition) is 3. The summed E-state index contributed by atoms with van der Waals surface area (Å²) < 4.78 is 20.7. The Morgan fingerprint density at radius 1 is 1.33 bits per heavy atom. The molecular formula is C20H26FNO2. The molecule has 4 unspecified atom stereocenters. The van der Waals surface area contributed by atoms with E-state index in [-0.39, 0.29) is 17.6 Å². The maximum atomic E-state index is 15.1. The van der Waals surface area contributed by atoms with Crippen LogP contribution < -0.4 is 0 Å². The van der Waals surface area contributed by atoms with Crippen molar-refractivity contribution in [3.05, 3.63) is 35.4 Å². The molecule has 4 atom stereocenters. The number of carbonyl (C=O) groups excluding carboxylic acids is 1. The summed E-state index contributed by atoms with van der Waals surface area (Å²) in [7, 11) is 0. The third kappa shape index (κ3) is 3.77. The van der Waals surface area contributed by atoms with Crippen LogP contribution in [0.25, 0.3) is 0 Å². The predicted octanol–water partition coefficient (Wildman–Crippen LogP) is 4.69. The van der Waals surface area contributed by atoms with Gasteiger partial charge in [-0.05, 0) is 37.5 Å². The summed E-state index contributed by atoms with van der Waals surface area (Å²) in [5.41, 5.74) is -1.78. The lowest BCUT2D eigenvalue weighted by Gasteiger charge is -2.37. The number of rotatable bonds is 4. The van der Waals surface area contributed by atoms with E-state index in [2.05, 4.69) is 20.8 Å². The summed E-state index contributed by atoms with van der Waals surface area (Å²) in [4.78, 5) is 12.5. The highest BCUT2D eigenvalue weighted by molar-refractivity contribution is 5.84. The minimum atomic E-state index is -2.75. The highest BCUT2D eigenvalue weighted by atomic mass is 19.1. The van der Waals surface area contributed by atoms with Crippen LogP contribution in [0.2, 0.25) is 0 Å². The van der Waals surface area contributed by atoms with Crippen LogP contribution in [0.1, 0.15) is 51.2 Å². The molecule has 3 nitrogen and oxygen atoms in total. The Balaban J connectivity index is 2.21. The summed E-state index contributed by atoms with van der Waals surface area (Å²) >= 11 is 0. The van der Waals surface area contributed by atoms with Gasteiger partial charge in [-0.25, -0.2) is 9.18 Å². The molecule has 1 saturated carbocycles. The fourth-order valence-corrected chi connectivity index (χ4v) is 3.48. The second-order valence-corrected chi connectivity index (χ2v) is 7.41. The first kappa shape index (κ1) is 18.4. The van der Waals surface area contributed by atoms with Crippen LogP contribution in [0.15, 0.2) is 24.3 Å². The lowest BCUT2D eigenvalue weighted by Crippen LogP contribution is -2.41. The molecule has 0 N–H and O–H groups in total. The van der Waals surface area contributed by atoms with E-state index in [1.165, 1.54) is 18.2 Å². The Kier molecular flexibility index (Phi) is 5.64. The van der Waals surface area contributed by atoms with E-state index < -0.39 is 11.6 Å². The van der Waals surface area contributed by atoms with Gasteiger partial charge in [-0.3, -0.25) is 0 Å². The number of aryl methyl sites for hydroxylation is 1. The summed E-state index contributed by atoms with van der Waals surface area (Å²) in [5.74, 6) is -0.0799. The molecule has 130 valence electrons. The average Bonchev–Trinajstić information content (AvgIpc) is 2.54. The lowest BCUT2D eigenvalue weighted by molar-refractivity contribution is -0.167. The molecule has 1 aromatic carbocycles. The van der Waals surface area contributed by atoms with Crippen molar-refractivity contribution in [1.29, 1.82) is 5.26 Å². The van der Waals surface area contributed by atoms with Gasteiger partial charge in [-0.15, -0.1) is 0 Å². The van der Waals surface area contributed by atoms with Crippen molar-refractivity contribution in [2.45, 2.75) is 58.7 Å². The normalized spacial score (nSPS) is 26.5. The van der Waals surface area contributed by atoms with Crippen molar-refractivity contribution in [2.75, 3.05) is 0 Å². The third-order valence-electron chi connectivity index (χ3n) is 5.10. The third-order valence-corrected chi connectivity index (χ3v) is 5.10. The number of ether oxygens (including phenoxy) is 1. The van der Waals surface area contributed by atoms with Gasteiger partial charge in [-0.1, -0.05) is 57.0 Å². The molecule has 0 aromatic heterocycles. The molecule has 24 heavy (non-hydrogen) atoms. The van der Waals surface area contributed by atoms with Crippen molar-refractivity contribution in [3.8, 4) is 6.07 Å². The topological polar surface area (TPSA) is 50.1 Å². The fraction of sp³-hybridized carbons (Fsp3) is 0.600. The van der Waals surface area contributed by atoms with E-state index in [1.54, 1.807) is 12.1 Å². The van der Waals surface area contributed by atoms with Gasteiger partial charge in [0.2, 0.25) is 0 Å². The molecule has 1 aromatic rings. The van der Waals surface area contributed by atoms with E-state index in [1.807, 2.05) is 6.92 Å². The Bertz CT molecular complexity index is 620. The molecule has 0 saturated heterocycles. The first-order chi connectivity index (χ1) is 11.3. The SMILES string of the molecule is Cc1ccc(C(F)(C#N)C(=O)OC2CC(C)CCC2C(C)C)cc1. The van der Waals surface area contributed by atoms with Crippen LogP contribution in [0.5, 0.6) is 0 Å². The molecule has 1 fully saturated rings. The predicted molar refractivity (Wildman–Crippen MR) is 90.8 cm³/mol. The molecule has 4 heteroatoms. The maximum absolute atomic E-state index is 15.1. The minimum absolute atomic E-state index is 0.0329. The number of halogens is 1. The first-order valence-corrected chi connectivity index (χ1v) is 8.66. The van der Waals surface area contributed by atoms with E-state index >= 15 is 4.39 Å². The second-order valence-electron chi connectivity index (χ2n) is 7.41. The van der Waals surface area contributed by atoms with Crippen LogP contribution in [-0.4, -0.2) is 12.1 Å². The molecule has 0 bridgehead atoms. The monoisotopic (exact) mass is 331 g/mol. The Hall–Kier alpha value is -1.89. The average molecular weight is 331 g/mol. The van der Waals surface area contributed by atoms with Gasteiger partial charge in [0.25, 0.3) is 0 Å². The molecule has 2 rings (SSSR count). The maximum Gasteiger partial charge on any atom is 0.364 e. The van der Waals surface area contributed by atoms with E-state index in [0.717, 1.165) is 24.8 Å². The quantitative estimate of drug-likeness (QED) is 0.752. The number of esters is 1. The van der Waals surface area contributed by atoms with Gasteiger partial charge >= 0.3 is 11.6 Å². The van der Waals surface area contributed by atoms with Crippen molar-refractivity contribution in [3.63, 3.8) is 0 Å². The zero-order valence-corrected chi connectivity index (χ0v) is 14.9. The molecule has 0 aliphatic heterocycles. The molecule has 1 aliphatic rings. The van der Waals surface area contributed by atoms with Crippen molar-refractivity contribution < 1.29 is 13.9 Å². The number of benzene rings is 1. The zero-order valence-electron chi connectivity index (χ0n) is 14.9. The summed E-state index contributed by atoms with van der Waals surface area (Å²) in [6.07, 6.45) is 2.46. The van der Waals surface area contributed by atoms with Crippen molar-refractivity contribution in [1.82, 2.24) is 0 Å². The number of nitrogens with zero attached hydrogens (tertiary/aromatic N) is 1. The second kappa shape index (κ2) is 7.34. The van der Waals surface area contributed by atoms with Gasteiger partial charge in [-0.2, -0.15) is 5.26 Å². The van der Waals surface area contributed by atoms with Gasteiger partial charge in [0.05, 0.1) is 0 Å². The number of carbonyl (C=O) groups is 1. The zero-order chi connectivity index (χ0) is 17.9. The Morgan fingerprint density at radius 2 is 1.96 bits per heavy atom. The van der Waals surface area contributed by atoms with Crippen molar-refractivity contribution in [2.24, 2.45) is 17.8 Å².